The molecule has 31 heavy (non-hydrogen) atoms. The summed E-state index contributed by atoms with van der Waals surface area (Å²) in [6.45, 7) is 5.51. The number of benzene rings is 2. The van der Waals surface area contributed by atoms with Crippen molar-refractivity contribution in [1.29, 1.82) is 0 Å². The van der Waals surface area contributed by atoms with Crippen molar-refractivity contribution in [3.05, 3.63) is 48.0 Å². The summed E-state index contributed by atoms with van der Waals surface area (Å²) in [6, 6.07) is 13.2. The number of anilines is 2. The van der Waals surface area contributed by atoms with E-state index in [9.17, 15) is 13.2 Å². The van der Waals surface area contributed by atoms with E-state index in [0.717, 1.165) is 24.9 Å². The molecule has 0 aliphatic carbocycles. The molecule has 8 heteroatoms. The molecule has 1 fully saturated rings. The molecular formula is C23H29N3O4S. The number of hydrogen-bond donors (Lipinski definition) is 1. The van der Waals surface area contributed by atoms with Gasteiger partial charge in [0.05, 0.1) is 13.2 Å². The first kappa shape index (κ1) is 21.6. The van der Waals surface area contributed by atoms with Crippen LogP contribution in [0.5, 0.6) is 5.75 Å². The van der Waals surface area contributed by atoms with Crippen molar-refractivity contribution in [2.75, 3.05) is 36.5 Å². The third-order valence-corrected chi connectivity index (χ3v) is 7.79. The van der Waals surface area contributed by atoms with Crippen molar-refractivity contribution < 1.29 is 17.9 Å². The third-order valence-electron chi connectivity index (χ3n) is 5.87. The highest BCUT2D eigenvalue weighted by Gasteiger charge is 2.31. The number of fused-ring (bicyclic) bond motifs is 1. The van der Waals surface area contributed by atoms with E-state index in [1.165, 1.54) is 15.9 Å². The van der Waals surface area contributed by atoms with Gasteiger partial charge in [-0.25, -0.2) is 8.42 Å². The zero-order valence-corrected chi connectivity index (χ0v) is 18.8. The number of carbonyl (C=O) groups is 1. The lowest BCUT2D eigenvalue weighted by atomic mass is 10.1. The predicted octanol–water partition coefficient (Wildman–Crippen LogP) is 3.26. The zero-order valence-electron chi connectivity index (χ0n) is 18.0. The Kier molecular flexibility index (Phi) is 6.20. The summed E-state index contributed by atoms with van der Waals surface area (Å²) in [5.41, 5.74) is 2.77. The maximum atomic E-state index is 13.2. The monoisotopic (exact) mass is 443 g/mol. The molecule has 2 heterocycles. The number of nitrogens with zero attached hydrogens (tertiary/aromatic N) is 2. The Bertz CT molecular complexity index is 1060. The molecule has 2 aromatic carbocycles. The molecule has 0 aromatic heterocycles. The second-order valence-corrected chi connectivity index (χ2v) is 9.97. The molecule has 2 aliphatic heterocycles. The van der Waals surface area contributed by atoms with Gasteiger partial charge in [-0.3, -0.25) is 4.79 Å². The van der Waals surface area contributed by atoms with Gasteiger partial charge in [-0.15, -0.1) is 0 Å². The second-order valence-electron chi connectivity index (χ2n) is 8.06. The summed E-state index contributed by atoms with van der Waals surface area (Å²) < 4.78 is 33.4. The van der Waals surface area contributed by atoms with Gasteiger partial charge in [0.15, 0.2) is 0 Å². The number of hydrogen-bond acceptors (Lipinski definition) is 5. The molecule has 0 spiro atoms. The molecule has 1 saturated heterocycles. The van der Waals surface area contributed by atoms with Crippen molar-refractivity contribution >= 4 is 27.3 Å². The van der Waals surface area contributed by atoms with Crippen molar-refractivity contribution in [2.24, 2.45) is 0 Å². The van der Waals surface area contributed by atoms with Gasteiger partial charge < -0.3 is 15.0 Å². The SMILES string of the molecule is CCOc1ccc(NC(=O)CN2c3ccccc3CC2C)cc1S(=O)(=O)N1CCCC1. The largest absolute Gasteiger partial charge is 0.492 e. The number of ether oxygens (including phenoxy) is 1. The maximum Gasteiger partial charge on any atom is 0.246 e. The fourth-order valence-corrected chi connectivity index (χ4v) is 6.03. The van der Waals surface area contributed by atoms with Crippen molar-refractivity contribution in [3.63, 3.8) is 0 Å². The number of sulfonamides is 1. The average Bonchev–Trinajstić information content (AvgIpc) is 3.39. The minimum atomic E-state index is -3.67. The summed E-state index contributed by atoms with van der Waals surface area (Å²) in [4.78, 5) is 15.0. The van der Waals surface area contributed by atoms with Gasteiger partial charge in [0, 0.05) is 30.5 Å². The summed E-state index contributed by atoms with van der Waals surface area (Å²) in [6.07, 6.45) is 2.62. The minimum absolute atomic E-state index is 0.105. The van der Waals surface area contributed by atoms with Gasteiger partial charge in [0.2, 0.25) is 15.9 Å². The van der Waals surface area contributed by atoms with E-state index in [2.05, 4.69) is 23.2 Å². The van der Waals surface area contributed by atoms with Crippen LogP contribution < -0.4 is 15.0 Å². The fourth-order valence-electron chi connectivity index (χ4n) is 4.36. The van der Waals surface area contributed by atoms with Crippen molar-refractivity contribution in [3.8, 4) is 5.75 Å². The van der Waals surface area contributed by atoms with Gasteiger partial charge in [-0.1, -0.05) is 18.2 Å². The van der Waals surface area contributed by atoms with E-state index >= 15 is 0 Å². The van der Waals surface area contributed by atoms with Gasteiger partial charge in [0.25, 0.3) is 0 Å². The van der Waals surface area contributed by atoms with Crippen LogP contribution in [-0.2, 0) is 21.2 Å². The maximum absolute atomic E-state index is 13.2. The molecule has 2 aliphatic rings. The summed E-state index contributed by atoms with van der Waals surface area (Å²) in [5, 5.41) is 2.87. The second kappa shape index (κ2) is 8.88. The number of nitrogens with one attached hydrogen (secondary N) is 1. The molecule has 7 nitrogen and oxygen atoms in total. The normalized spacial score (nSPS) is 18.8. The Morgan fingerprint density at radius 1 is 1.16 bits per heavy atom. The van der Waals surface area contributed by atoms with Gasteiger partial charge in [0.1, 0.15) is 10.6 Å². The lowest BCUT2D eigenvalue weighted by Gasteiger charge is -2.24. The molecule has 1 atom stereocenters. The highest BCUT2D eigenvalue weighted by atomic mass is 32.2. The van der Waals surface area contributed by atoms with Crippen LogP contribution in [0.2, 0.25) is 0 Å². The Labute approximate surface area is 184 Å². The highest BCUT2D eigenvalue weighted by molar-refractivity contribution is 7.89. The molecule has 0 radical (unpaired) electrons. The Hall–Kier alpha value is -2.58. The van der Waals surface area contributed by atoms with Crippen LogP contribution in [0, 0.1) is 0 Å². The molecule has 1 unspecified atom stereocenters. The van der Waals surface area contributed by atoms with Crippen LogP contribution in [0.25, 0.3) is 0 Å². The van der Waals surface area contributed by atoms with E-state index in [1.807, 2.05) is 25.1 Å². The summed E-state index contributed by atoms with van der Waals surface area (Å²) >= 11 is 0. The van der Waals surface area contributed by atoms with Crippen molar-refractivity contribution in [2.45, 2.75) is 44.0 Å². The molecule has 2 aromatic rings. The minimum Gasteiger partial charge on any atom is -0.492 e. The van der Waals surface area contributed by atoms with E-state index < -0.39 is 10.0 Å². The van der Waals surface area contributed by atoms with Crippen LogP contribution in [-0.4, -0.2) is 50.9 Å². The molecule has 4 rings (SSSR count). The Morgan fingerprint density at radius 2 is 1.90 bits per heavy atom. The van der Waals surface area contributed by atoms with Crippen LogP contribution in [0.4, 0.5) is 11.4 Å². The summed E-state index contributed by atoms with van der Waals surface area (Å²) in [5.74, 6) is 0.131. The van der Waals surface area contributed by atoms with E-state index in [0.29, 0.717) is 31.1 Å². The van der Waals surface area contributed by atoms with Crippen LogP contribution in [0.1, 0.15) is 32.3 Å². The van der Waals surface area contributed by atoms with E-state index in [-0.39, 0.29) is 23.4 Å². The number of carbonyl (C=O) groups excluding carboxylic acids is 1. The molecule has 1 N–H and O–H groups in total. The smallest absolute Gasteiger partial charge is 0.246 e. The number of para-hydroxylation sites is 1. The zero-order chi connectivity index (χ0) is 22.0. The first-order chi connectivity index (χ1) is 14.9. The van der Waals surface area contributed by atoms with E-state index in [1.54, 1.807) is 12.1 Å². The standard InChI is InChI=1S/C23H29N3O4S/c1-3-30-21-11-10-19(15-22(21)31(28,29)25-12-6-7-13-25)24-23(27)16-26-17(2)14-18-8-4-5-9-20(18)26/h4-5,8-11,15,17H,3,6-7,12-14,16H2,1-2H3,(H,24,27). The fraction of sp³-hybridized carbons (Fsp3) is 0.435. The van der Waals surface area contributed by atoms with Crippen LogP contribution in [0.15, 0.2) is 47.4 Å². The first-order valence-corrected chi connectivity index (χ1v) is 12.3. The van der Waals surface area contributed by atoms with Crippen LogP contribution in [0.3, 0.4) is 0 Å². The topological polar surface area (TPSA) is 79.0 Å². The Balaban J connectivity index is 1.54. The molecule has 166 valence electrons. The molecule has 1 amide bonds. The quantitative estimate of drug-likeness (QED) is 0.711. The average molecular weight is 444 g/mol. The van der Waals surface area contributed by atoms with E-state index in [4.69, 9.17) is 4.74 Å². The third kappa shape index (κ3) is 4.41. The van der Waals surface area contributed by atoms with Crippen molar-refractivity contribution in [1.82, 2.24) is 4.31 Å². The lowest BCUT2D eigenvalue weighted by molar-refractivity contribution is -0.115. The Morgan fingerprint density at radius 3 is 2.65 bits per heavy atom. The van der Waals surface area contributed by atoms with Gasteiger partial charge in [-0.05, 0) is 62.9 Å². The number of amides is 1. The molecule has 0 bridgehead atoms. The molecule has 0 saturated carbocycles. The van der Waals surface area contributed by atoms with Gasteiger partial charge >= 0.3 is 0 Å². The van der Waals surface area contributed by atoms with Crippen LogP contribution >= 0.6 is 0 Å². The first-order valence-electron chi connectivity index (χ1n) is 10.8. The highest BCUT2D eigenvalue weighted by Crippen LogP contribution is 2.33. The predicted molar refractivity (Wildman–Crippen MR) is 121 cm³/mol. The molecular weight excluding hydrogens is 414 g/mol. The number of rotatable bonds is 7. The van der Waals surface area contributed by atoms with Gasteiger partial charge in [-0.2, -0.15) is 4.31 Å². The lowest BCUT2D eigenvalue weighted by Crippen LogP contribution is -2.37. The summed E-state index contributed by atoms with van der Waals surface area (Å²) in [7, 11) is -3.67.